The fourth-order valence-corrected chi connectivity index (χ4v) is 3.47. The predicted molar refractivity (Wildman–Crippen MR) is 133 cm³/mol. The van der Waals surface area contributed by atoms with Crippen LogP contribution in [0.3, 0.4) is 0 Å². The Balaban J connectivity index is 0.000000269. The monoisotopic (exact) mass is 466 g/mol. The number of rotatable bonds is 4. The summed E-state index contributed by atoms with van der Waals surface area (Å²) in [5.41, 5.74) is 9.05. The SMILES string of the molecule is Cc1cc2c(NC(=O)NCc3cccc(Cl)c3)cccc2cn1.NCc1cccc(Cl)c1. The van der Waals surface area contributed by atoms with Gasteiger partial charge in [-0.3, -0.25) is 4.98 Å². The number of fused-ring (bicyclic) bond motifs is 1. The van der Waals surface area contributed by atoms with E-state index < -0.39 is 0 Å². The zero-order valence-corrected chi connectivity index (χ0v) is 19.1. The summed E-state index contributed by atoms with van der Waals surface area (Å²) in [7, 11) is 0. The van der Waals surface area contributed by atoms with E-state index in [0.29, 0.717) is 18.1 Å². The van der Waals surface area contributed by atoms with E-state index in [-0.39, 0.29) is 6.03 Å². The molecule has 0 unspecified atom stereocenters. The standard InChI is InChI=1S/C18H16ClN3O.C7H8ClN/c1-12-8-16-14(11-20-12)5-3-7-17(16)22-18(23)21-10-13-4-2-6-15(19)9-13;8-7-3-1-2-6(4-7)5-9/h2-9,11H,10H2,1H3,(H2,21,22,23);1-4H,5,9H2. The van der Waals surface area contributed by atoms with Crippen molar-refractivity contribution in [3.05, 3.63) is 106 Å². The molecular weight excluding hydrogens is 443 g/mol. The average Bonchev–Trinajstić information content (AvgIpc) is 2.78. The number of carbonyl (C=O) groups excluding carboxylic acids is 1. The Morgan fingerprint density at radius 1 is 0.938 bits per heavy atom. The zero-order chi connectivity index (χ0) is 22.9. The van der Waals surface area contributed by atoms with E-state index >= 15 is 0 Å². The molecule has 0 atom stereocenters. The summed E-state index contributed by atoms with van der Waals surface area (Å²) in [5, 5.41) is 9.08. The van der Waals surface area contributed by atoms with Crippen molar-refractivity contribution in [2.24, 2.45) is 5.73 Å². The summed E-state index contributed by atoms with van der Waals surface area (Å²) in [6.45, 7) is 2.90. The highest BCUT2D eigenvalue weighted by atomic mass is 35.5. The molecule has 0 spiro atoms. The molecule has 0 aliphatic carbocycles. The Morgan fingerprint density at radius 3 is 2.25 bits per heavy atom. The van der Waals surface area contributed by atoms with Crippen LogP contribution < -0.4 is 16.4 Å². The van der Waals surface area contributed by atoms with Crippen LogP contribution in [0.5, 0.6) is 0 Å². The smallest absolute Gasteiger partial charge is 0.319 e. The maximum Gasteiger partial charge on any atom is 0.319 e. The molecule has 5 nitrogen and oxygen atoms in total. The van der Waals surface area contributed by atoms with Crippen LogP contribution in [0.4, 0.5) is 10.5 Å². The lowest BCUT2D eigenvalue weighted by atomic mass is 10.1. The fourth-order valence-electron chi connectivity index (χ4n) is 3.04. The van der Waals surface area contributed by atoms with Gasteiger partial charge in [-0.1, -0.05) is 59.6 Å². The minimum absolute atomic E-state index is 0.257. The Hall–Kier alpha value is -3.12. The summed E-state index contributed by atoms with van der Waals surface area (Å²) in [4.78, 5) is 16.4. The van der Waals surface area contributed by atoms with Crippen molar-refractivity contribution in [2.75, 3.05) is 5.32 Å². The number of aryl methyl sites for hydroxylation is 1. The van der Waals surface area contributed by atoms with E-state index in [9.17, 15) is 4.79 Å². The topological polar surface area (TPSA) is 80.0 Å². The van der Waals surface area contributed by atoms with Crippen LogP contribution in [0.1, 0.15) is 16.8 Å². The Labute approximate surface area is 197 Å². The molecule has 1 heterocycles. The van der Waals surface area contributed by atoms with Gasteiger partial charge < -0.3 is 16.4 Å². The summed E-state index contributed by atoms with van der Waals surface area (Å²) < 4.78 is 0. The van der Waals surface area contributed by atoms with Gasteiger partial charge in [0.05, 0.1) is 5.69 Å². The number of halogens is 2. The first-order chi connectivity index (χ1) is 15.4. The lowest BCUT2D eigenvalue weighted by molar-refractivity contribution is 0.252. The number of benzene rings is 3. The second kappa shape index (κ2) is 11.5. The first-order valence-electron chi connectivity index (χ1n) is 10.0. The maximum atomic E-state index is 12.1. The van der Waals surface area contributed by atoms with E-state index in [2.05, 4.69) is 15.6 Å². The molecule has 1 aromatic heterocycles. The number of pyridine rings is 1. The van der Waals surface area contributed by atoms with Crippen molar-refractivity contribution in [2.45, 2.75) is 20.0 Å². The van der Waals surface area contributed by atoms with Crippen molar-refractivity contribution in [3.8, 4) is 0 Å². The molecule has 4 aromatic rings. The van der Waals surface area contributed by atoms with Gasteiger partial charge in [-0.2, -0.15) is 0 Å². The number of carbonyl (C=O) groups is 1. The molecule has 0 fully saturated rings. The second-order valence-corrected chi connectivity index (χ2v) is 8.00. The molecule has 0 aliphatic rings. The zero-order valence-electron chi connectivity index (χ0n) is 17.6. The molecule has 0 aliphatic heterocycles. The molecule has 32 heavy (non-hydrogen) atoms. The largest absolute Gasteiger partial charge is 0.334 e. The van der Waals surface area contributed by atoms with Gasteiger partial charge in [0, 0.05) is 45.8 Å². The predicted octanol–water partition coefficient (Wildman–Crippen LogP) is 6.32. The minimum atomic E-state index is -0.257. The number of urea groups is 1. The van der Waals surface area contributed by atoms with Crippen LogP contribution in [-0.4, -0.2) is 11.0 Å². The molecule has 2 amide bonds. The third kappa shape index (κ3) is 6.95. The van der Waals surface area contributed by atoms with Crippen LogP contribution in [0.2, 0.25) is 10.0 Å². The van der Waals surface area contributed by atoms with Crippen molar-refractivity contribution < 1.29 is 4.79 Å². The summed E-state index contributed by atoms with van der Waals surface area (Å²) in [6.07, 6.45) is 1.81. The molecule has 7 heteroatoms. The van der Waals surface area contributed by atoms with Crippen LogP contribution >= 0.6 is 23.2 Å². The van der Waals surface area contributed by atoms with Crippen LogP contribution in [0.25, 0.3) is 10.8 Å². The summed E-state index contributed by atoms with van der Waals surface area (Å²) >= 11 is 11.6. The first kappa shape index (κ1) is 23.5. The van der Waals surface area contributed by atoms with Gasteiger partial charge in [-0.15, -0.1) is 0 Å². The number of nitrogens with zero attached hydrogens (tertiary/aromatic N) is 1. The normalized spacial score (nSPS) is 10.2. The number of nitrogens with one attached hydrogen (secondary N) is 2. The van der Waals surface area contributed by atoms with Gasteiger partial charge in [0.15, 0.2) is 0 Å². The van der Waals surface area contributed by atoms with Gasteiger partial charge in [-0.25, -0.2) is 4.79 Å². The van der Waals surface area contributed by atoms with Crippen molar-refractivity contribution in [1.29, 1.82) is 0 Å². The van der Waals surface area contributed by atoms with Crippen LogP contribution in [0, 0.1) is 6.92 Å². The summed E-state index contributed by atoms with van der Waals surface area (Å²) in [6, 6.07) is 22.4. The Morgan fingerprint density at radius 2 is 1.59 bits per heavy atom. The number of aromatic nitrogens is 1. The van der Waals surface area contributed by atoms with Gasteiger partial charge in [-0.05, 0) is 54.4 Å². The third-order valence-electron chi connectivity index (χ3n) is 4.62. The first-order valence-corrected chi connectivity index (χ1v) is 10.8. The molecule has 4 N–H and O–H groups in total. The van der Waals surface area contributed by atoms with E-state index in [1.54, 1.807) is 12.3 Å². The minimum Gasteiger partial charge on any atom is -0.334 e. The van der Waals surface area contributed by atoms with Crippen molar-refractivity contribution in [3.63, 3.8) is 0 Å². The van der Waals surface area contributed by atoms with Gasteiger partial charge in [0.1, 0.15) is 0 Å². The number of amides is 2. The van der Waals surface area contributed by atoms with Crippen molar-refractivity contribution in [1.82, 2.24) is 10.3 Å². The van der Waals surface area contributed by atoms with Crippen LogP contribution in [-0.2, 0) is 13.1 Å². The molecule has 4 rings (SSSR count). The number of anilines is 1. The van der Waals surface area contributed by atoms with E-state index in [1.165, 1.54) is 0 Å². The maximum absolute atomic E-state index is 12.1. The molecule has 164 valence electrons. The molecule has 0 saturated heterocycles. The highest BCUT2D eigenvalue weighted by molar-refractivity contribution is 6.30. The van der Waals surface area contributed by atoms with E-state index in [1.807, 2.05) is 73.7 Å². The highest BCUT2D eigenvalue weighted by Crippen LogP contribution is 2.23. The highest BCUT2D eigenvalue weighted by Gasteiger charge is 2.06. The van der Waals surface area contributed by atoms with E-state index in [4.69, 9.17) is 28.9 Å². The van der Waals surface area contributed by atoms with Gasteiger partial charge in [0.25, 0.3) is 0 Å². The number of hydrogen-bond acceptors (Lipinski definition) is 3. The molecule has 0 bridgehead atoms. The fraction of sp³-hybridized carbons (Fsp3) is 0.120. The number of hydrogen-bond donors (Lipinski definition) is 3. The van der Waals surface area contributed by atoms with Gasteiger partial charge in [0.2, 0.25) is 0 Å². The summed E-state index contributed by atoms with van der Waals surface area (Å²) in [5.74, 6) is 0. The Kier molecular flexibility index (Phi) is 8.45. The number of nitrogens with two attached hydrogens (primary N) is 1. The molecule has 0 radical (unpaired) electrons. The Bertz CT molecular complexity index is 1210. The molecule has 3 aromatic carbocycles. The van der Waals surface area contributed by atoms with Crippen LogP contribution in [0.15, 0.2) is 79.0 Å². The second-order valence-electron chi connectivity index (χ2n) is 7.12. The van der Waals surface area contributed by atoms with Crippen molar-refractivity contribution >= 4 is 45.7 Å². The molecular formula is C25H24Cl2N4O. The lowest BCUT2D eigenvalue weighted by Crippen LogP contribution is -2.28. The van der Waals surface area contributed by atoms with E-state index in [0.717, 1.165) is 38.3 Å². The van der Waals surface area contributed by atoms with Gasteiger partial charge >= 0.3 is 6.03 Å². The quantitative estimate of drug-likeness (QED) is 0.329. The lowest BCUT2D eigenvalue weighted by Gasteiger charge is -2.10. The molecule has 0 saturated carbocycles. The third-order valence-corrected chi connectivity index (χ3v) is 5.09. The average molecular weight is 467 g/mol.